The first-order valence-electron chi connectivity index (χ1n) is 5.54. The van der Waals surface area contributed by atoms with Gasteiger partial charge in [-0.1, -0.05) is 0 Å². The summed E-state index contributed by atoms with van der Waals surface area (Å²) in [5.41, 5.74) is -0.623. The number of nitrogens with zero attached hydrogens (tertiary/aromatic N) is 1. The zero-order valence-electron chi connectivity index (χ0n) is 11.4. The van der Waals surface area contributed by atoms with E-state index in [0.717, 1.165) is 0 Å². The van der Waals surface area contributed by atoms with Crippen molar-refractivity contribution < 1.29 is 18.3 Å². The van der Waals surface area contributed by atoms with E-state index in [1.165, 1.54) is 4.31 Å². The van der Waals surface area contributed by atoms with Crippen LogP contribution < -0.4 is 0 Å². The Bertz CT molecular complexity index is 373. The van der Waals surface area contributed by atoms with Crippen molar-refractivity contribution in [3.63, 3.8) is 0 Å². The topological polar surface area (TPSA) is 74.7 Å². The van der Waals surface area contributed by atoms with Crippen molar-refractivity contribution in [2.45, 2.75) is 58.2 Å². The van der Waals surface area contributed by atoms with Crippen molar-refractivity contribution in [2.24, 2.45) is 0 Å². The number of carbonyl (C=O) groups is 1. The van der Waals surface area contributed by atoms with Gasteiger partial charge in [0.15, 0.2) is 0 Å². The maximum absolute atomic E-state index is 12.3. The molecule has 0 fully saturated rings. The molecule has 0 atom stereocenters. The molecule has 0 rings (SSSR count). The second-order valence-corrected chi connectivity index (χ2v) is 8.62. The molecule has 0 bridgehead atoms. The first kappa shape index (κ1) is 16.4. The van der Waals surface area contributed by atoms with Crippen molar-refractivity contribution in [2.75, 3.05) is 6.54 Å². The smallest absolute Gasteiger partial charge is 0.304 e. The molecule has 17 heavy (non-hydrogen) atoms. The highest BCUT2D eigenvalue weighted by atomic mass is 32.2. The van der Waals surface area contributed by atoms with Crippen molar-refractivity contribution in [1.29, 1.82) is 0 Å². The van der Waals surface area contributed by atoms with Crippen LogP contribution in [0.1, 0.15) is 48.0 Å². The largest absolute Gasteiger partial charge is 0.481 e. The zero-order chi connectivity index (χ0) is 14.1. The Balaban J connectivity index is 5.29. The molecule has 1 N–H and O–H groups in total. The van der Waals surface area contributed by atoms with E-state index < -0.39 is 26.3 Å². The second kappa shape index (κ2) is 4.94. The Kier molecular flexibility index (Phi) is 4.76. The molecule has 0 aromatic rings. The van der Waals surface area contributed by atoms with E-state index in [1.54, 1.807) is 41.5 Å². The van der Waals surface area contributed by atoms with Gasteiger partial charge in [-0.3, -0.25) is 4.79 Å². The molecule has 0 saturated heterocycles. The Labute approximate surface area is 104 Å². The number of aliphatic carboxylic acids is 1. The average molecular weight is 265 g/mol. The van der Waals surface area contributed by atoms with Gasteiger partial charge in [-0.25, -0.2) is 8.42 Å². The van der Waals surface area contributed by atoms with Crippen molar-refractivity contribution in [1.82, 2.24) is 4.31 Å². The van der Waals surface area contributed by atoms with Crippen molar-refractivity contribution >= 4 is 16.0 Å². The van der Waals surface area contributed by atoms with Crippen molar-refractivity contribution in [3.05, 3.63) is 0 Å². The van der Waals surface area contributed by atoms with Crippen LogP contribution in [-0.2, 0) is 14.8 Å². The molecule has 0 aromatic heterocycles. The Morgan fingerprint density at radius 2 is 1.53 bits per heavy atom. The fourth-order valence-corrected chi connectivity index (χ4v) is 3.06. The molecule has 0 unspecified atom stereocenters. The fraction of sp³-hybridized carbons (Fsp3) is 0.909. The molecule has 6 heteroatoms. The summed E-state index contributed by atoms with van der Waals surface area (Å²) in [7, 11) is -3.52. The first-order chi connectivity index (χ1) is 7.30. The lowest BCUT2D eigenvalue weighted by atomic mass is 10.1. The van der Waals surface area contributed by atoms with Crippen LogP contribution >= 0.6 is 0 Å². The van der Waals surface area contributed by atoms with Crippen LogP contribution in [-0.4, -0.2) is 40.6 Å². The molecule has 0 heterocycles. The fourth-order valence-electron chi connectivity index (χ4n) is 1.34. The summed E-state index contributed by atoms with van der Waals surface area (Å²) < 4.78 is 25.0. The van der Waals surface area contributed by atoms with Gasteiger partial charge in [-0.15, -0.1) is 0 Å². The van der Waals surface area contributed by atoms with E-state index >= 15 is 0 Å². The number of hydrogen-bond donors (Lipinski definition) is 1. The van der Waals surface area contributed by atoms with Crippen LogP contribution in [0.25, 0.3) is 0 Å². The number of carboxylic acids is 1. The van der Waals surface area contributed by atoms with Crippen LogP contribution in [0.4, 0.5) is 0 Å². The maximum atomic E-state index is 12.3. The van der Waals surface area contributed by atoms with E-state index in [-0.39, 0.29) is 13.0 Å². The summed E-state index contributed by atoms with van der Waals surface area (Å²) in [6, 6.07) is 0. The monoisotopic (exact) mass is 265 g/mol. The summed E-state index contributed by atoms with van der Waals surface area (Å²) in [6.07, 6.45) is -0.188. The third-order valence-corrected chi connectivity index (χ3v) is 5.20. The standard InChI is InChI=1S/C11H23NO4S/c1-10(2,3)12(8-7-9(13)14)17(15,16)11(4,5)6/h7-8H2,1-6H3,(H,13,14). The van der Waals surface area contributed by atoms with Crippen LogP contribution in [0.15, 0.2) is 0 Å². The second-order valence-electron chi connectivity index (χ2n) is 6.00. The molecule has 0 saturated carbocycles. The third-order valence-electron chi connectivity index (χ3n) is 2.34. The van der Waals surface area contributed by atoms with Crippen LogP contribution in [0, 0.1) is 0 Å². The number of carboxylic acid groups (broad SMARTS) is 1. The highest BCUT2D eigenvalue weighted by Gasteiger charge is 2.40. The van der Waals surface area contributed by atoms with Crippen molar-refractivity contribution in [3.8, 4) is 0 Å². The van der Waals surface area contributed by atoms with E-state index in [0.29, 0.717) is 0 Å². The molecule has 0 aromatic carbocycles. The van der Waals surface area contributed by atoms with Gasteiger partial charge < -0.3 is 5.11 Å². The Morgan fingerprint density at radius 3 is 1.76 bits per heavy atom. The number of hydrogen-bond acceptors (Lipinski definition) is 3. The van der Waals surface area contributed by atoms with Gasteiger partial charge in [0, 0.05) is 12.1 Å². The van der Waals surface area contributed by atoms with E-state index in [2.05, 4.69) is 0 Å². The van der Waals surface area contributed by atoms with E-state index in [9.17, 15) is 13.2 Å². The summed E-state index contributed by atoms with van der Waals surface area (Å²) >= 11 is 0. The highest BCUT2D eigenvalue weighted by Crippen LogP contribution is 2.27. The van der Waals surface area contributed by atoms with Crippen LogP contribution in [0.5, 0.6) is 0 Å². The van der Waals surface area contributed by atoms with Gasteiger partial charge in [-0.05, 0) is 41.5 Å². The summed E-state index contributed by atoms with van der Waals surface area (Å²) in [6.45, 7) is 10.1. The van der Waals surface area contributed by atoms with Gasteiger partial charge in [-0.2, -0.15) is 4.31 Å². The third kappa shape index (κ3) is 4.27. The minimum Gasteiger partial charge on any atom is -0.481 e. The number of sulfonamides is 1. The molecule has 0 radical (unpaired) electrons. The van der Waals surface area contributed by atoms with Gasteiger partial charge in [0.25, 0.3) is 0 Å². The van der Waals surface area contributed by atoms with E-state index in [4.69, 9.17) is 5.11 Å². The lowest BCUT2D eigenvalue weighted by molar-refractivity contribution is -0.137. The number of rotatable bonds is 4. The molecule has 0 aliphatic carbocycles. The predicted molar refractivity (Wildman–Crippen MR) is 67.4 cm³/mol. The lowest BCUT2D eigenvalue weighted by Crippen LogP contribution is -2.52. The normalized spacial score (nSPS) is 14.1. The maximum Gasteiger partial charge on any atom is 0.304 e. The summed E-state index contributed by atoms with van der Waals surface area (Å²) in [5, 5.41) is 8.68. The van der Waals surface area contributed by atoms with Crippen LogP contribution in [0.3, 0.4) is 0 Å². The van der Waals surface area contributed by atoms with Gasteiger partial charge in [0.05, 0.1) is 11.2 Å². The van der Waals surface area contributed by atoms with Gasteiger partial charge in [0.2, 0.25) is 10.0 Å². The average Bonchev–Trinajstić information content (AvgIpc) is 1.97. The highest BCUT2D eigenvalue weighted by molar-refractivity contribution is 7.90. The molecule has 0 amide bonds. The lowest BCUT2D eigenvalue weighted by Gasteiger charge is -2.38. The van der Waals surface area contributed by atoms with Gasteiger partial charge in [0.1, 0.15) is 0 Å². The minimum atomic E-state index is -3.52. The first-order valence-corrected chi connectivity index (χ1v) is 6.98. The predicted octanol–water partition coefficient (Wildman–Crippen LogP) is 1.69. The zero-order valence-corrected chi connectivity index (χ0v) is 12.3. The minimum absolute atomic E-state index is 0.00155. The molecule has 0 aliphatic heterocycles. The molecule has 0 spiro atoms. The summed E-state index contributed by atoms with van der Waals surface area (Å²) in [4.78, 5) is 10.6. The molecular weight excluding hydrogens is 242 g/mol. The van der Waals surface area contributed by atoms with Crippen LogP contribution in [0.2, 0.25) is 0 Å². The Hall–Kier alpha value is -0.620. The van der Waals surface area contributed by atoms with Gasteiger partial charge >= 0.3 is 5.97 Å². The summed E-state index contributed by atoms with van der Waals surface area (Å²) in [5.74, 6) is -0.997. The molecular formula is C11H23NO4S. The van der Waals surface area contributed by atoms with E-state index in [1.807, 2.05) is 0 Å². The molecule has 0 aliphatic rings. The quantitative estimate of drug-likeness (QED) is 0.839. The molecule has 5 nitrogen and oxygen atoms in total. The SMILES string of the molecule is CC(C)(C)N(CCC(=O)O)S(=O)(=O)C(C)(C)C. The molecule has 102 valence electrons. The Morgan fingerprint density at radius 1 is 1.12 bits per heavy atom.